The van der Waals surface area contributed by atoms with E-state index in [0.29, 0.717) is 17.2 Å². The summed E-state index contributed by atoms with van der Waals surface area (Å²) in [5.41, 5.74) is 0.461. The van der Waals surface area contributed by atoms with Crippen molar-refractivity contribution in [2.24, 2.45) is 0 Å². The average molecular weight is 329 g/mol. The molecule has 1 unspecified atom stereocenters. The number of ether oxygens (including phenoxy) is 1. The molecule has 116 valence electrons. The molecule has 1 heterocycles. The molecule has 23 heavy (non-hydrogen) atoms. The highest BCUT2D eigenvalue weighted by molar-refractivity contribution is 7.79. The van der Waals surface area contributed by atoms with E-state index in [1.807, 2.05) is 0 Å². The monoisotopic (exact) mass is 329 g/mol. The number of nitrogens with zero attached hydrogens (tertiary/aromatic N) is 1. The minimum Gasteiger partial charge on any atom is -0.457 e. The van der Waals surface area contributed by atoms with E-state index in [2.05, 4.69) is 0 Å². The lowest BCUT2D eigenvalue weighted by atomic mass is 10.2. The Morgan fingerprint density at radius 2 is 1.30 bits per heavy atom. The van der Waals surface area contributed by atoms with Crippen LogP contribution >= 0.6 is 0 Å². The second-order valence-corrected chi connectivity index (χ2v) is 5.63. The molecule has 0 aromatic heterocycles. The van der Waals surface area contributed by atoms with Crippen LogP contribution in [0.5, 0.6) is 11.5 Å². The van der Waals surface area contributed by atoms with E-state index in [4.69, 9.17) is 9.29 Å². The zero-order chi connectivity index (χ0) is 16.4. The van der Waals surface area contributed by atoms with Gasteiger partial charge in [-0.3, -0.25) is 9.59 Å². The summed E-state index contributed by atoms with van der Waals surface area (Å²) >= 11 is -2.03. The van der Waals surface area contributed by atoms with Gasteiger partial charge in [0.05, 0.1) is 10.6 Å². The Morgan fingerprint density at radius 1 is 0.826 bits per heavy atom. The zero-order valence-corrected chi connectivity index (χ0v) is 12.5. The van der Waals surface area contributed by atoms with Gasteiger partial charge in [-0.1, -0.05) is 0 Å². The van der Waals surface area contributed by atoms with Crippen molar-refractivity contribution in [2.45, 2.75) is 4.90 Å². The Kier molecular flexibility index (Phi) is 4.05. The smallest absolute Gasteiger partial charge is 0.258 e. The Bertz CT molecular complexity index is 793. The Labute approximate surface area is 134 Å². The highest BCUT2D eigenvalue weighted by Gasteiger charge is 2.24. The minimum atomic E-state index is -2.03. The van der Waals surface area contributed by atoms with Crippen LogP contribution in [0.15, 0.2) is 65.6 Å². The van der Waals surface area contributed by atoms with Crippen LogP contribution < -0.4 is 9.64 Å². The largest absolute Gasteiger partial charge is 0.457 e. The summed E-state index contributed by atoms with van der Waals surface area (Å²) in [4.78, 5) is 24.5. The molecule has 6 nitrogen and oxygen atoms in total. The second kappa shape index (κ2) is 6.15. The van der Waals surface area contributed by atoms with Crippen molar-refractivity contribution in [1.29, 1.82) is 0 Å². The van der Waals surface area contributed by atoms with Crippen molar-refractivity contribution >= 4 is 28.6 Å². The van der Waals surface area contributed by atoms with Crippen LogP contribution in [0, 0.1) is 0 Å². The number of carbonyl (C=O) groups is 2. The number of imide groups is 1. The maximum atomic E-state index is 11.6. The molecule has 2 aromatic carbocycles. The molecular weight excluding hydrogens is 318 g/mol. The van der Waals surface area contributed by atoms with Gasteiger partial charge >= 0.3 is 0 Å². The summed E-state index contributed by atoms with van der Waals surface area (Å²) < 4.78 is 25.4. The standard InChI is InChI=1S/C16H11NO5S/c18-15-9-10-16(19)17(15)11-1-3-12(4-2-11)22-13-5-7-14(8-6-13)23(20)21/h1-10H,(H,20,21). The summed E-state index contributed by atoms with van der Waals surface area (Å²) in [5.74, 6) is 0.258. The van der Waals surface area contributed by atoms with Crippen molar-refractivity contribution < 1.29 is 23.1 Å². The Morgan fingerprint density at radius 3 is 1.78 bits per heavy atom. The van der Waals surface area contributed by atoms with Crippen LogP contribution in [0.25, 0.3) is 0 Å². The third kappa shape index (κ3) is 3.20. The first-order valence-electron chi connectivity index (χ1n) is 6.59. The van der Waals surface area contributed by atoms with E-state index in [1.165, 1.54) is 24.3 Å². The summed E-state index contributed by atoms with van der Waals surface area (Å²) in [6.07, 6.45) is 2.44. The predicted molar refractivity (Wildman–Crippen MR) is 83.6 cm³/mol. The molecule has 0 saturated carbocycles. The number of hydrogen-bond acceptors (Lipinski definition) is 4. The van der Waals surface area contributed by atoms with Crippen LogP contribution in [0.1, 0.15) is 0 Å². The number of anilines is 1. The van der Waals surface area contributed by atoms with Crippen LogP contribution in [0.2, 0.25) is 0 Å². The maximum absolute atomic E-state index is 11.6. The molecule has 0 spiro atoms. The van der Waals surface area contributed by atoms with Gasteiger partial charge in [-0.2, -0.15) is 0 Å². The topological polar surface area (TPSA) is 83.9 Å². The van der Waals surface area contributed by atoms with Crippen LogP contribution in [-0.2, 0) is 20.7 Å². The molecular formula is C16H11NO5S. The number of benzene rings is 2. The van der Waals surface area contributed by atoms with Crippen molar-refractivity contribution in [1.82, 2.24) is 0 Å². The summed E-state index contributed by atoms with van der Waals surface area (Å²) in [5, 5.41) is 0. The lowest BCUT2D eigenvalue weighted by molar-refractivity contribution is -0.119. The molecule has 1 atom stereocenters. The van der Waals surface area contributed by atoms with E-state index < -0.39 is 11.1 Å². The third-order valence-corrected chi connectivity index (χ3v) is 3.84. The van der Waals surface area contributed by atoms with Gasteiger partial charge < -0.3 is 9.29 Å². The molecule has 7 heteroatoms. The van der Waals surface area contributed by atoms with E-state index in [-0.39, 0.29) is 16.7 Å². The van der Waals surface area contributed by atoms with Gasteiger partial charge in [0.15, 0.2) is 11.1 Å². The molecule has 1 aliphatic rings. The molecule has 1 aliphatic heterocycles. The lowest BCUT2D eigenvalue weighted by Gasteiger charge is -2.14. The van der Waals surface area contributed by atoms with Gasteiger partial charge in [0.2, 0.25) is 0 Å². The highest BCUT2D eigenvalue weighted by Crippen LogP contribution is 2.26. The quantitative estimate of drug-likeness (QED) is 0.688. The van der Waals surface area contributed by atoms with Gasteiger partial charge in [0.1, 0.15) is 11.5 Å². The summed E-state index contributed by atoms with van der Waals surface area (Å²) in [7, 11) is 0. The van der Waals surface area contributed by atoms with Crippen LogP contribution in [-0.4, -0.2) is 20.6 Å². The molecule has 1 N–H and O–H groups in total. The molecule has 0 saturated heterocycles. The van der Waals surface area contributed by atoms with Gasteiger partial charge in [0.25, 0.3) is 11.8 Å². The number of rotatable bonds is 4. The van der Waals surface area contributed by atoms with E-state index >= 15 is 0 Å². The molecule has 2 amide bonds. The number of amides is 2. The van der Waals surface area contributed by atoms with Crippen molar-refractivity contribution in [2.75, 3.05) is 4.90 Å². The maximum Gasteiger partial charge on any atom is 0.258 e. The molecule has 3 rings (SSSR count). The molecule has 0 bridgehead atoms. The van der Waals surface area contributed by atoms with Gasteiger partial charge in [-0.15, -0.1) is 0 Å². The molecule has 0 aliphatic carbocycles. The van der Waals surface area contributed by atoms with Crippen molar-refractivity contribution in [3.63, 3.8) is 0 Å². The molecule has 2 aromatic rings. The van der Waals surface area contributed by atoms with Crippen molar-refractivity contribution in [3.05, 3.63) is 60.7 Å². The highest BCUT2D eigenvalue weighted by atomic mass is 32.2. The Hall–Kier alpha value is -2.77. The third-order valence-electron chi connectivity index (χ3n) is 3.17. The SMILES string of the molecule is O=C1C=CC(=O)N1c1ccc(Oc2ccc(S(=O)O)cc2)cc1. The first-order chi connectivity index (χ1) is 11.0. The molecule has 0 radical (unpaired) electrons. The minimum absolute atomic E-state index is 0.284. The lowest BCUT2D eigenvalue weighted by Crippen LogP contribution is -2.29. The first-order valence-corrected chi connectivity index (χ1v) is 7.70. The van der Waals surface area contributed by atoms with E-state index in [9.17, 15) is 13.8 Å². The summed E-state index contributed by atoms with van der Waals surface area (Å²) in [6.45, 7) is 0. The summed E-state index contributed by atoms with van der Waals surface area (Å²) in [6, 6.07) is 12.6. The normalized spacial score (nSPS) is 15.1. The van der Waals surface area contributed by atoms with E-state index in [1.54, 1.807) is 36.4 Å². The van der Waals surface area contributed by atoms with E-state index in [0.717, 1.165) is 4.90 Å². The fraction of sp³-hybridized carbons (Fsp3) is 0. The first kappa shape index (κ1) is 15.1. The van der Waals surface area contributed by atoms with Crippen molar-refractivity contribution in [3.8, 4) is 11.5 Å². The number of carbonyl (C=O) groups excluding carboxylic acids is 2. The van der Waals surface area contributed by atoms with Crippen LogP contribution in [0.4, 0.5) is 5.69 Å². The van der Waals surface area contributed by atoms with Crippen LogP contribution in [0.3, 0.4) is 0 Å². The van der Waals surface area contributed by atoms with Gasteiger partial charge in [-0.05, 0) is 48.5 Å². The fourth-order valence-corrected chi connectivity index (χ4v) is 2.45. The Balaban J connectivity index is 1.74. The second-order valence-electron chi connectivity index (χ2n) is 4.66. The van der Waals surface area contributed by atoms with Gasteiger partial charge in [0, 0.05) is 12.2 Å². The number of hydrogen-bond donors (Lipinski definition) is 1. The predicted octanol–water partition coefficient (Wildman–Crippen LogP) is 2.49. The zero-order valence-electron chi connectivity index (χ0n) is 11.7. The fourth-order valence-electron chi connectivity index (χ4n) is 2.08. The molecule has 0 fully saturated rings. The average Bonchev–Trinajstić information content (AvgIpc) is 2.88. The van der Waals surface area contributed by atoms with Gasteiger partial charge in [-0.25, -0.2) is 9.11 Å².